The van der Waals surface area contributed by atoms with Gasteiger partial charge in [0.05, 0.1) is 4.90 Å². The van der Waals surface area contributed by atoms with Crippen LogP contribution in [0.4, 0.5) is 0 Å². The maximum atomic E-state index is 14.5. The molecule has 0 spiro atoms. The van der Waals surface area contributed by atoms with Crippen molar-refractivity contribution in [1.29, 1.82) is 0 Å². The molecule has 0 atom stereocenters. The molecule has 0 radical (unpaired) electrons. The number of benzene rings is 5. The SMILES string of the molecule is CCC(C)(C)c1cc(C(C)(C)CC)c2cc(-c3c([P+](O)(O)O)ccc(S(C)(=O)=O)c3-c3cc4c(C(C)(C)CC)cc(C(C)(C)CC)cc4cc3C(C)(C)CC)c(C(C)(C)CC)cc2c1. The van der Waals surface area contributed by atoms with Crippen LogP contribution >= 0.6 is 7.94 Å². The summed E-state index contributed by atoms with van der Waals surface area (Å²) in [6, 6.07) is 21.2. The topological polar surface area (TPSA) is 94.8 Å². The monoisotopic (exact) mass is 910 g/mol. The molecule has 0 aliphatic heterocycles. The van der Waals surface area contributed by atoms with Gasteiger partial charge in [-0.1, -0.05) is 149 Å². The largest absolute Gasteiger partial charge is 0.441 e. The van der Waals surface area contributed by atoms with Gasteiger partial charge in [0.1, 0.15) is 0 Å². The molecular formula is C57H82O5PS+. The lowest BCUT2D eigenvalue weighted by atomic mass is 9.70. The van der Waals surface area contributed by atoms with Crippen LogP contribution in [-0.4, -0.2) is 29.4 Å². The zero-order valence-electron chi connectivity index (χ0n) is 43.0. The average Bonchev–Trinajstić information content (AvgIpc) is 3.23. The van der Waals surface area contributed by atoms with Gasteiger partial charge in [0.25, 0.3) is 0 Å². The summed E-state index contributed by atoms with van der Waals surface area (Å²) in [5.74, 6) is 0. The van der Waals surface area contributed by atoms with Gasteiger partial charge in [-0.25, -0.2) is 8.42 Å². The number of fused-ring (bicyclic) bond motifs is 2. The van der Waals surface area contributed by atoms with Crippen molar-refractivity contribution in [2.45, 2.75) is 201 Å². The molecule has 0 aliphatic rings. The van der Waals surface area contributed by atoms with E-state index in [0.717, 1.165) is 76.8 Å². The fraction of sp³-hybridized carbons (Fsp3) is 0.544. The van der Waals surface area contributed by atoms with Crippen LogP contribution in [0, 0.1) is 0 Å². The molecule has 5 aromatic rings. The molecule has 5 rings (SSSR count). The van der Waals surface area contributed by atoms with E-state index in [1.54, 1.807) is 0 Å². The van der Waals surface area contributed by atoms with Gasteiger partial charge in [0.2, 0.25) is 0 Å². The first-order valence-electron chi connectivity index (χ1n) is 23.9. The van der Waals surface area contributed by atoms with Gasteiger partial charge in [0.15, 0.2) is 15.1 Å². The van der Waals surface area contributed by atoms with Crippen LogP contribution in [0.2, 0.25) is 0 Å². The first-order chi connectivity index (χ1) is 29.2. The second-order valence-corrected chi connectivity index (χ2v) is 26.5. The molecule has 0 saturated heterocycles. The highest BCUT2D eigenvalue weighted by Crippen LogP contribution is 2.55. The van der Waals surface area contributed by atoms with Crippen molar-refractivity contribution >= 4 is 44.6 Å². The van der Waals surface area contributed by atoms with Crippen molar-refractivity contribution in [3.63, 3.8) is 0 Å². The Morgan fingerprint density at radius 3 is 1.08 bits per heavy atom. The van der Waals surface area contributed by atoms with E-state index in [2.05, 4.69) is 173 Å². The summed E-state index contributed by atoms with van der Waals surface area (Å²) in [6.45, 7) is 40.3. The molecule has 0 bridgehead atoms. The smallest absolute Gasteiger partial charge is 0.224 e. The molecule has 0 aliphatic carbocycles. The van der Waals surface area contributed by atoms with Gasteiger partial charge in [0, 0.05) is 17.4 Å². The van der Waals surface area contributed by atoms with Crippen LogP contribution in [-0.2, 0) is 42.3 Å². The van der Waals surface area contributed by atoms with Crippen LogP contribution in [0.1, 0.15) is 197 Å². The maximum Gasteiger partial charge on any atom is 0.441 e. The maximum absolute atomic E-state index is 14.5. The van der Waals surface area contributed by atoms with E-state index in [0.29, 0.717) is 16.7 Å². The fourth-order valence-corrected chi connectivity index (χ4v) is 10.8. The van der Waals surface area contributed by atoms with Crippen molar-refractivity contribution < 1.29 is 23.1 Å². The van der Waals surface area contributed by atoms with Gasteiger partial charge >= 0.3 is 7.94 Å². The van der Waals surface area contributed by atoms with Crippen molar-refractivity contribution in [2.75, 3.05) is 6.26 Å². The minimum Gasteiger partial charge on any atom is -0.224 e. The quantitative estimate of drug-likeness (QED) is 0.0858. The Hall–Kier alpha value is -3.12. The normalized spacial score (nSPS) is 14.0. The number of rotatable bonds is 16. The molecular weight excluding hydrogens is 828 g/mol. The van der Waals surface area contributed by atoms with E-state index < -0.39 is 28.6 Å². The van der Waals surface area contributed by atoms with Crippen molar-refractivity contribution in [1.82, 2.24) is 0 Å². The summed E-state index contributed by atoms with van der Waals surface area (Å²) in [7, 11) is -8.75. The Morgan fingerprint density at radius 1 is 0.438 bits per heavy atom. The molecule has 0 amide bonds. The third-order valence-corrected chi connectivity index (χ3v) is 18.5. The molecule has 64 heavy (non-hydrogen) atoms. The van der Waals surface area contributed by atoms with Gasteiger partial charge in [-0.3, -0.25) is 0 Å². The van der Waals surface area contributed by atoms with Crippen LogP contribution in [0.5, 0.6) is 0 Å². The summed E-state index contributed by atoms with van der Waals surface area (Å²) in [5.41, 5.74) is 7.46. The summed E-state index contributed by atoms with van der Waals surface area (Å²) < 4.78 is 29.0. The minimum atomic E-state index is -4.79. The highest BCUT2D eigenvalue weighted by molar-refractivity contribution is 7.90. The van der Waals surface area contributed by atoms with Gasteiger partial charge in [-0.2, -0.15) is 14.7 Å². The minimum absolute atomic E-state index is 0.0584. The van der Waals surface area contributed by atoms with Gasteiger partial charge in [-0.05, 0) is 173 Å². The fourth-order valence-electron chi connectivity index (χ4n) is 9.10. The molecule has 350 valence electrons. The van der Waals surface area contributed by atoms with Crippen molar-refractivity contribution in [3.05, 3.63) is 94.0 Å². The second-order valence-electron chi connectivity index (χ2n) is 22.9. The summed E-state index contributed by atoms with van der Waals surface area (Å²) in [5, 5.41) is 4.19. The van der Waals surface area contributed by atoms with Crippen LogP contribution in [0.15, 0.2) is 65.6 Å². The van der Waals surface area contributed by atoms with Crippen molar-refractivity contribution in [3.8, 4) is 22.3 Å². The van der Waals surface area contributed by atoms with Gasteiger partial charge < -0.3 is 0 Å². The van der Waals surface area contributed by atoms with Crippen LogP contribution in [0.3, 0.4) is 0 Å². The predicted octanol–water partition coefficient (Wildman–Crippen LogP) is 15.2. The summed E-state index contributed by atoms with van der Waals surface area (Å²) >= 11 is 0. The third kappa shape index (κ3) is 9.53. The lowest BCUT2D eigenvalue weighted by Crippen LogP contribution is -2.24. The van der Waals surface area contributed by atoms with E-state index in [1.807, 2.05) is 0 Å². The highest BCUT2D eigenvalue weighted by Gasteiger charge is 2.43. The van der Waals surface area contributed by atoms with Crippen LogP contribution < -0.4 is 5.30 Å². The number of hydrogen-bond acceptors (Lipinski definition) is 5. The molecule has 0 saturated carbocycles. The highest BCUT2D eigenvalue weighted by atomic mass is 32.2. The zero-order chi connectivity index (χ0) is 48.6. The predicted molar refractivity (Wildman–Crippen MR) is 279 cm³/mol. The lowest BCUT2D eigenvalue weighted by Gasteiger charge is -2.34. The standard InChI is InChI=1S/C57H82O5PS/c1-20-52(7,8)38-28-36-30-44(54(11,12)22-3)42(34-40(36)46(32-38)56(15,16)24-5)50-48(63(58,59)60)26-27-49(64(19,61)62)51(50)43-35-41-37(31-45(43)55(13,14)23-4)29-39(53(9,10)21-2)33-47(41)57(17,18)25-6/h26-35,58-60H,20-25H2,1-19H3/q+1. The molecule has 3 N–H and O–H groups in total. The Bertz CT molecular complexity index is 2690. The molecule has 0 unspecified atom stereocenters. The van der Waals surface area contributed by atoms with E-state index in [4.69, 9.17) is 0 Å². The Labute approximate surface area is 389 Å². The summed E-state index contributed by atoms with van der Waals surface area (Å²) in [4.78, 5) is 35.1. The van der Waals surface area contributed by atoms with E-state index in [1.165, 1.54) is 40.6 Å². The molecule has 5 aromatic carbocycles. The second kappa shape index (κ2) is 17.5. The zero-order valence-corrected chi connectivity index (χ0v) is 44.7. The molecule has 5 nitrogen and oxygen atoms in total. The Balaban J connectivity index is 2.23. The Kier molecular flexibility index (Phi) is 14.2. The first kappa shape index (κ1) is 51.9. The molecule has 0 fully saturated rings. The van der Waals surface area contributed by atoms with E-state index >= 15 is 0 Å². The van der Waals surface area contributed by atoms with Crippen LogP contribution in [0.25, 0.3) is 43.8 Å². The van der Waals surface area contributed by atoms with E-state index in [9.17, 15) is 23.1 Å². The molecule has 7 heteroatoms. The average molecular weight is 910 g/mol. The molecule has 0 aromatic heterocycles. The van der Waals surface area contributed by atoms with Crippen molar-refractivity contribution in [2.24, 2.45) is 0 Å². The summed E-state index contributed by atoms with van der Waals surface area (Å²) in [6.07, 6.45) is 6.45. The number of hydrogen-bond donors (Lipinski definition) is 3. The third-order valence-electron chi connectivity index (χ3n) is 16.4. The molecule has 0 heterocycles. The van der Waals surface area contributed by atoms with Gasteiger partial charge in [-0.15, -0.1) is 0 Å². The van der Waals surface area contributed by atoms with E-state index in [-0.39, 0.29) is 31.9 Å². The Morgan fingerprint density at radius 2 is 0.766 bits per heavy atom. The lowest BCUT2D eigenvalue weighted by molar-refractivity contribution is 0.347. The first-order valence-corrected chi connectivity index (χ1v) is 27.5. The number of sulfone groups is 1.